The molecule has 110 valence electrons. The smallest absolute Gasteiger partial charge is 0.105 e. The van der Waals surface area contributed by atoms with Gasteiger partial charge < -0.3 is 16.0 Å². The number of anilines is 1. The van der Waals surface area contributed by atoms with Crippen molar-refractivity contribution in [1.29, 1.82) is 0 Å². The summed E-state index contributed by atoms with van der Waals surface area (Å²) in [5.41, 5.74) is 7.63. The van der Waals surface area contributed by atoms with Crippen molar-refractivity contribution >= 4 is 38.8 Å². The molecule has 5 heteroatoms. The summed E-state index contributed by atoms with van der Waals surface area (Å²) in [5.74, 6) is 0. The third kappa shape index (κ3) is 4.17. The van der Waals surface area contributed by atoms with Crippen molar-refractivity contribution in [3.63, 3.8) is 0 Å². The van der Waals surface area contributed by atoms with E-state index in [4.69, 9.17) is 18.0 Å². The monoisotopic (exact) mass is 355 g/mol. The normalized spacial score (nSPS) is 15.8. The van der Waals surface area contributed by atoms with Crippen molar-refractivity contribution in [2.24, 2.45) is 5.73 Å². The largest absolute Gasteiger partial charge is 0.389 e. The fourth-order valence-corrected chi connectivity index (χ4v) is 3.63. The molecule has 0 amide bonds. The van der Waals surface area contributed by atoms with E-state index >= 15 is 0 Å². The van der Waals surface area contributed by atoms with E-state index in [0.717, 1.165) is 34.9 Å². The summed E-state index contributed by atoms with van der Waals surface area (Å²) in [5, 5.41) is 3.45. The first-order chi connectivity index (χ1) is 9.58. The summed E-state index contributed by atoms with van der Waals surface area (Å²) in [6, 6.07) is 6.79. The van der Waals surface area contributed by atoms with Crippen molar-refractivity contribution in [3.8, 4) is 0 Å². The third-order valence-corrected chi connectivity index (χ3v) is 4.85. The van der Waals surface area contributed by atoms with Gasteiger partial charge in [0.05, 0.1) is 0 Å². The predicted octanol–water partition coefficient (Wildman–Crippen LogP) is 3.37. The van der Waals surface area contributed by atoms with E-state index in [2.05, 4.69) is 33.2 Å². The first-order valence-corrected chi connectivity index (χ1v) is 8.31. The molecule has 1 aromatic carbocycles. The van der Waals surface area contributed by atoms with Gasteiger partial charge in [0.2, 0.25) is 0 Å². The van der Waals surface area contributed by atoms with Crippen LogP contribution in [0.4, 0.5) is 5.69 Å². The fraction of sp³-hybridized carbons (Fsp3) is 0.533. The van der Waals surface area contributed by atoms with Crippen molar-refractivity contribution in [3.05, 3.63) is 28.2 Å². The molecule has 1 fully saturated rings. The third-order valence-electron chi connectivity index (χ3n) is 3.98. The van der Waals surface area contributed by atoms with Gasteiger partial charge in [-0.2, -0.15) is 0 Å². The summed E-state index contributed by atoms with van der Waals surface area (Å²) >= 11 is 8.50. The minimum atomic E-state index is 0.421. The topological polar surface area (TPSA) is 41.3 Å². The molecular formula is C15H22BrN3S. The summed E-state index contributed by atoms with van der Waals surface area (Å²) in [7, 11) is 2.23. The molecule has 3 nitrogen and oxygen atoms in total. The van der Waals surface area contributed by atoms with E-state index in [9.17, 15) is 0 Å². The van der Waals surface area contributed by atoms with Crippen LogP contribution >= 0.6 is 28.1 Å². The number of hydrogen-bond donors (Lipinski definition) is 2. The molecular weight excluding hydrogens is 334 g/mol. The summed E-state index contributed by atoms with van der Waals surface area (Å²) in [6.07, 6.45) is 5.47. The number of nitrogens with two attached hydrogens (primary N) is 1. The Morgan fingerprint density at radius 3 is 2.75 bits per heavy atom. The highest BCUT2D eigenvalue weighted by Gasteiger charge is 2.18. The van der Waals surface area contributed by atoms with Gasteiger partial charge in [-0.1, -0.05) is 25.1 Å². The first-order valence-electron chi connectivity index (χ1n) is 7.11. The minimum Gasteiger partial charge on any atom is -0.389 e. The fourth-order valence-electron chi connectivity index (χ4n) is 2.73. The lowest BCUT2D eigenvalue weighted by Gasteiger charge is -2.24. The first kappa shape index (κ1) is 15.7. The van der Waals surface area contributed by atoms with Crippen LogP contribution in [0.1, 0.15) is 31.2 Å². The molecule has 0 atom stereocenters. The Hall–Kier alpha value is -0.650. The molecule has 0 heterocycles. The lowest BCUT2D eigenvalue weighted by molar-refractivity contribution is 0.254. The Bertz CT molecular complexity index is 472. The van der Waals surface area contributed by atoms with Crippen molar-refractivity contribution in [2.45, 2.75) is 31.7 Å². The van der Waals surface area contributed by atoms with Crippen LogP contribution < -0.4 is 11.1 Å². The van der Waals surface area contributed by atoms with Crippen LogP contribution in [0, 0.1) is 0 Å². The van der Waals surface area contributed by atoms with Crippen LogP contribution in [0.5, 0.6) is 0 Å². The molecule has 1 aromatic rings. The van der Waals surface area contributed by atoms with Gasteiger partial charge in [0.1, 0.15) is 4.99 Å². The predicted molar refractivity (Wildman–Crippen MR) is 93.4 cm³/mol. The average molecular weight is 356 g/mol. The number of benzene rings is 1. The molecule has 0 aromatic heterocycles. The SMILES string of the molecule is CN(CCNc1ccc(C(N)=S)c(Br)c1)C1CCCC1. The molecule has 0 radical (unpaired) electrons. The molecule has 2 rings (SSSR count). The van der Waals surface area contributed by atoms with E-state index in [-0.39, 0.29) is 0 Å². The lowest BCUT2D eigenvalue weighted by Crippen LogP contribution is -2.33. The van der Waals surface area contributed by atoms with Crippen molar-refractivity contribution in [2.75, 3.05) is 25.5 Å². The van der Waals surface area contributed by atoms with Crippen LogP contribution in [0.2, 0.25) is 0 Å². The molecule has 0 spiro atoms. The highest BCUT2D eigenvalue weighted by atomic mass is 79.9. The number of thiocarbonyl (C=S) groups is 1. The zero-order valence-electron chi connectivity index (χ0n) is 11.9. The quantitative estimate of drug-likeness (QED) is 0.767. The van der Waals surface area contributed by atoms with Gasteiger partial charge in [0.25, 0.3) is 0 Å². The molecule has 1 aliphatic carbocycles. The highest BCUT2D eigenvalue weighted by Crippen LogP contribution is 2.23. The lowest BCUT2D eigenvalue weighted by atomic mass is 10.2. The van der Waals surface area contributed by atoms with E-state index < -0.39 is 0 Å². The molecule has 0 bridgehead atoms. The standard InChI is InChI=1S/C15H22BrN3S/c1-19(12-4-2-3-5-12)9-8-18-11-6-7-13(15(17)20)14(16)10-11/h6-7,10,12,18H,2-5,8-9H2,1H3,(H2,17,20). The Morgan fingerprint density at radius 2 is 2.15 bits per heavy atom. The Labute approximate surface area is 135 Å². The van der Waals surface area contributed by atoms with Gasteiger partial charge >= 0.3 is 0 Å². The Kier molecular flexibility index (Phi) is 5.81. The number of nitrogens with one attached hydrogen (secondary N) is 1. The second-order valence-electron chi connectivity index (χ2n) is 5.40. The molecule has 20 heavy (non-hydrogen) atoms. The molecule has 0 saturated heterocycles. The zero-order chi connectivity index (χ0) is 14.5. The Balaban J connectivity index is 1.82. The van der Waals surface area contributed by atoms with Gasteiger partial charge in [-0.15, -0.1) is 0 Å². The van der Waals surface area contributed by atoms with Gasteiger partial charge in [-0.3, -0.25) is 0 Å². The molecule has 1 aliphatic rings. The highest BCUT2D eigenvalue weighted by molar-refractivity contribution is 9.10. The van der Waals surface area contributed by atoms with Gasteiger partial charge in [-0.05, 0) is 54.0 Å². The van der Waals surface area contributed by atoms with Crippen LogP contribution in [0.3, 0.4) is 0 Å². The summed E-state index contributed by atoms with van der Waals surface area (Å²) < 4.78 is 0.944. The Morgan fingerprint density at radius 1 is 1.45 bits per heavy atom. The molecule has 1 saturated carbocycles. The second-order valence-corrected chi connectivity index (χ2v) is 6.70. The van der Waals surface area contributed by atoms with E-state index in [1.54, 1.807) is 0 Å². The molecule has 0 unspecified atom stereocenters. The maximum Gasteiger partial charge on any atom is 0.105 e. The summed E-state index contributed by atoms with van der Waals surface area (Å²) in [6.45, 7) is 2.02. The molecule has 0 aliphatic heterocycles. The number of rotatable bonds is 6. The van der Waals surface area contributed by atoms with E-state index in [0.29, 0.717) is 4.99 Å². The minimum absolute atomic E-state index is 0.421. The second kappa shape index (κ2) is 7.38. The van der Waals surface area contributed by atoms with Crippen LogP contribution in [-0.4, -0.2) is 36.1 Å². The maximum absolute atomic E-state index is 5.65. The van der Waals surface area contributed by atoms with Crippen LogP contribution in [0.25, 0.3) is 0 Å². The molecule has 3 N–H and O–H groups in total. The van der Waals surface area contributed by atoms with Crippen LogP contribution in [-0.2, 0) is 0 Å². The van der Waals surface area contributed by atoms with Gasteiger partial charge in [0.15, 0.2) is 0 Å². The average Bonchev–Trinajstić information content (AvgIpc) is 2.92. The van der Waals surface area contributed by atoms with Gasteiger partial charge in [-0.25, -0.2) is 0 Å². The zero-order valence-corrected chi connectivity index (χ0v) is 14.3. The van der Waals surface area contributed by atoms with Gasteiger partial charge in [0, 0.05) is 34.9 Å². The number of halogens is 1. The van der Waals surface area contributed by atoms with E-state index in [1.165, 1.54) is 25.7 Å². The maximum atomic E-state index is 5.65. The number of nitrogens with zero attached hydrogens (tertiary/aromatic N) is 1. The summed E-state index contributed by atoms with van der Waals surface area (Å²) in [4.78, 5) is 2.89. The number of hydrogen-bond acceptors (Lipinski definition) is 3. The van der Waals surface area contributed by atoms with Crippen molar-refractivity contribution in [1.82, 2.24) is 4.90 Å². The van der Waals surface area contributed by atoms with E-state index in [1.807, 2.05) is 18.2 Å². The van der Waals surface area contributed by atoms with Crippen molar-refractivity contribution < 1.29 is 0 Å². The van der Waals surface area contributed by atoms with Crippen LogP contribution in [0.15, 0.2) is 22.7 Å². The number of likely N-dealkylation sites (N-methyl/N-ethyl adjacent to an activating group) is 1.